The minimum Gasteiger partial charge on any atom is -0.478 e. The number of nitrogens with zero attached hydrogens (tertiary/aromatic N) is 3. The molecule has 0 aliphatic heterocycles. The third-order valence-corrected chi connectivity index (χ3v) is 5.23. The highest BCUT2D eigenvalue weighted by atomic mass is 32.2. The van der Waals surface area contributed by atoms with Crippen LogP contribution in [0, 0.1) is 6.92 Å². The Hall–Kier alpha value is -3.13. The number of carbonyl (C=O) groups is 2. The first-order valence-electron chi connectivity index (χ1n) is 8.63. The fourth-order valence-electron chi connectivity index (χ4n) is 2.66. The number of carbonyl (C=O) groups excluding carboxylic acids is 1. The highest BCUT2D eigenvalue weighted by Crippen LogP contribution is 2.20. The van der Waals surface area contributed by atoms with Crippen molar-refractivity contribution in [3.05, 3.63) is 71.0 Å². The summed E-state index contributed by atoms with van der Waals surface area (Å²) < 4.78 is 1.89. The molecule has 0 radical (unpaired) electrons. The van der Waals surface area contributed by atoms with Gasteiger partial charge in [-0.05, 0) is 36.2 Å². The zero-order valence-electron chi connectivity index (χ0n) is 15.5. The lowest BCUT2D eigenvalue weighted by atomic mass is 10.1. The van der Waals surface area contributed by atoms with Gasteiger partial charge < -0.3 is 15.0 Å². The van der Waals surface area contributed by atoms with E-state index in [1.165, 1.54) is 23.9 Å². The molecule has 0 atom stereocenters. The Kier molecular flexibility index (Phi) is 6.10. The maximum absolute atomic E-state index is 12.3. The molecule has 0 spiro atoms. The van der Waals surface area contributed by atoms with E-state index in [0.29, 0.717) is 22.8 Å². The second-order valence-corrected chi connectivity index (χ2v) is 7.23. The van der Waals surface area contributed by atoms with Crippen molar-refractivity contribution in [3.8, 4) is 0 Å². The van der Waals surface area contributed by atoms with Gasteiger partial charge >= 0.3 is 5.97 Å². The summed E-state index contributed by atoms with van der Waals surface area (Å²) in [6.45, 7) is 1.76. The van der Waals surface area contributed by atoms with Crippen LogP contribution < -0.4 is 5.32 Å². The van der Waals surface area contributed by atoms with E-state index in [1.54, 1.807) is 13.0 Å². The highest BCUT2D eigenvalue weighted by molar-refractivity contribution is 7.99. The smallest absolute Gasteiger partial charge is 0.335 e. The van der Waals surface area contributed by atoms with Gasteiger partial charge in [0.2, 0.25) is 5.91 Å². The fraction of sp³-hybridized carbons (Fsp3) is 0.200. The molecule has 1 aromatic heterocycles. The molecule has 2 N–H and O–H groups in total. The van der Waals surface area contributed by atoms with Gasteiger partial charge in [0.15, 0.2) is 5.16 Å². The average molecular weight is 396 g/mol. The third-order valence-electron chi connectivity index (χ3n) is 4.21. The van der Waals surface area contributed by atoms with Crippen LogP contribution >= 0.6 is 11.8 Å². The zero-order valence-corrected chi connectivity index (χ0v) is 16.4. The van der Waals surface area contributed by atoms with Gasteiger partial charge in [-0.3, -0.25) is 4.79 Å². The maximum Gasteiger partial charge on any atom is 0.335 e. The average Bonchev–Trinajstić information content (AvgIpc) is 3.02. The van der Waals surface area contributed by atoms with Crippen LogP contribution in [0.25, 0.3) is 0 Å². The van der Waals surface area contributed by atoms with Gasteiger partial charge in [-0.2, -0.15) is 0 Å². The number of aryl methyl sites for hydroxylation is 1. The molecule has 0 saturated carbocycles. The number of anilines is 1. The van der Waals surface area contributed by atoms with Crippen molar-refractivity contribution in [2.75, 3.05) is 11.1 Å². The van der Waals surface area contributed by atoms with Crippen molar-refractivity contribution in [2.24, 2.45) is 7.05 Å². The van der Waals surface area contributed by atoms with Crippen LogP contribution in [-0.4, -0.2) is 37.5 Å². The van der Waals surface area contributed by atoms with E-state index in [4.69, 9.17) is 5.11 Å². The molecule has 3 aromatic rings. The highest BCUT2D eigenvalue weighted by Gasteiger charge is 2.13. The number of thioether (sulfide) groups is 1. The lowest BCUT2D eigenvalue weighted by molar-refractivity contribution is -0.113. The van der Waals surface area contributed by atoms with E-state index in [2.05, 4.69) is 15.5 Å². The summed E-state index contributed by atoms with van der Waals surface area (Å²) in [5.74, 6) is -0.180. The number of rotatable bonds is 7. The van der Waals surface area contributed by atoms with Crippen LogP contribution in [0.2, 0.25) is 0 Å². The summed E-state index contributed by atoms with van der Waals surface area (Å²) in [5, 5.41) is 20.9. The summed E-state index contributed by atoms with van der Waals surface area (Å²) >= 11 is 1.30. The van der Waals surface area contributed by atoms with Gasteiger partial charge in [0, 0.05) is 19.2 Å². The fourth-order valence-corrected chi connectivity index (χ4v) is 3.39. The second-order valence-electron chi connectivity index (χ2n) is 6.29. The number of hydrogen-bond donors (Lipinski definition) is 2. The van der Waals surface area contributed by atoms with E-state index in [9.17, 15) is 9.59 Å². The van der Waals surface area contributed by atoms with Crippen molar-refractivity contribution in [1.82, 2.24) is 14.8 Å². The molecule has 0 saturated heterocycles. The Morgan fingerprint density at radius 3 is 2.57 bits per heavy atom. The number of aromatic nitrogens is 3. The topological polar surface area (TPSA) is 97.1 Å². The lowest BCUT2D eigenvalue weighted by Gasteiger charge is -2.09. The molecule has 3 rings (SSSR count). The van der Waals surface area contributed by atoms with Crippen LogP contribution in [0.15, 0.2) is 53.7 Å². The molecular formula is C20H20N4O3S. The second kappa shape index (κ2) is 8.71. The maximum atomic E-state index is 12.3. The molecule has 0 fully saturated rings. The molecule has 28 heavy (non-hydrogen) atoms. The normalized spacial score (nSPS) is 10.6. The van der Waals surface area contributed by atoms with Crippen molar-refractivity contribution in [2.45, 2.75) is 18.5 Å². The van der Waals surface area contributed by atoms with E-state index in [0.717, 1.165) is 11.4 Å². The Morgan fingerprint density at radius 1 is 1.14 bits per heavy atom. The SMILES string of the molecule is Cc1cc(C(=O)O)ccc1NC(=O)CSc1nnc(Cc2ccccc2)n1C. The minimum atomic E-state index is -0.995. The molecule has 144 valence electrons. The predicted molar refractivity (Wildman–Crippen MR) is 108 cm³/mol. The van der Waals surface area contributed by atoms with Crippen molar-refractivity contribution in [1.29, 1.82) is 0 Å². The van der Waals surface area contributed by atoms with Crippen LogP contribution in [0.4, 0.5) is 5.69 Å². The van der Waals surface area contributed by atoms with Gasteiger partial charge in [-0.1, -0.05) is 42.1 Å². The summed E-state index contributed by atoms with van der Waals surface area (Å²) in [6.07, 6.45) is 0.673. The first-order chi connectivity index (χ1) is 13.4. The van der Waals surface area contributed by atoms with Crippen LogP contribution in [0.5, 0.6) is 0 Å². The number of aromatic carboxylic acids is 1. The molecule has 1 heterocycles. The summed E-state index contributed by atoms with van der Waals surface area (Å²) in [5.41, 5.74) is 2.63. The largest absolute Gasteiger partial charge is 0.478 e. The first kappa shape index (κ1) is 19.6. The molecule has 1 amide bonds. The van der Waals surface area contributed by atoms with Gasteiger partial charge in [0.25, 0.3) is 0 Å². The summed E-state index contributed by atoms with van der Waals surface area (Å²) in [4.78, 5) is 23.2. The number of hydrogen-bond acceptors (Lipinski definition) is 5. The van der Waals surface area contributed by atoms with Gasteiger partial charge in [-0.15, -0.1) is 10.2 Å². The monoisotopic (exact) mass is 396 g/mol. The Labute approximate surface area is 166 Å². The van der Waals surface area contributed by atoms with Crippen molar-refractivity contribution in [3.63, 3.8) is 0 Å². The molecular weight excluding hydrogens is 376 g/mol. The van der Waals surface area contributed by atoms with Gasteiger partial charge in [0.05, 0.1) is 11.3 Å². The third kappa shape index (κ3) is 4.77. The Morgan fingerprint density at radius 2 is 1.89 bits per heavy atom. The number of amides is 1. The van der Waals surface area contributed by atoms with Crippen molar-refractivity contribution >= 4 is 29.3 Å². The number of benzene rings is 2. The molecule has 0 unspecified atom stereocenters. The summed E-state index contributed by atoms with van der Waals surface area (Å²) in [7, 11) is 1.88. The van der Waals surface area contributed by atoms with E-state index in [-0.39, 0.29) is 17.2 Å². The van der Waals surface area contributed by atoms with E-state index >= 15 is 0 Å². The summed E-state index contributed by atoms with van der Waals surface area (Å²) in [6, 6.07) is 14.6. The predicted octanol–water partition coefficient (Wildman–Crippen LogP) is 3.14. The Bertz CT molecular complexity index is 1000. The van der Waals surface area contributed by atoms with E-state index < -0.39 is 5.97 Å². The van der Waals surface area contributed by atoms with E-state index in [1.807, 2.05) is 41.9 Å². The quantitative estimate of drug-likeness (QED) is 0.596. The molecule has 7 nitrogen and oxygen atoms in total. The van der Waals surface area contributed by atoms with Crippen LogP contribution in [0.3, 0.4) is 0 Å². The number of nitrogens with one attached hydrogen (secondary N) is 1. The zero-order chi connectivity index (χ0) is 20.1. The van der Waals surface area contributed by atoms with Gasteiger partial charge in [0.1, 0.15) is 5.82 Å². The van der Waals surface area contributed by atoms with Crippen molar-refractivity contribution < 1.29 is 14.7 Å². The van der Waals surface area contributed by atoms with Crippen LogP contribution in [0.1, 0.15) is 27.3 Å². The Balaban J connectivity index is 1.58. The molecule has 8 heteroatoms. The number of carboxylic acid groups (broad SMARTS) is 1. The lowest BCUT2D eigenvalue weighted by Crippen LogP contribution is -2.15. The molecule has 2 aromatic carbocycles. The molecule has 0 aliphatic rings. The van der Waals surface area contributed by atoms with Crippen LogP contribution in [-0.2, 0) is 18.3 Å². The molecule has 0 bridgehead atoms. The standard InChI is InChI=1S/C20H20N4O3S/c1-13-10-15(19(26)27)8-9-16(13)21-18(25)12-28-20-23-22-17(24(20)2)11-14-6-4-3-5-7-14/h3-10H,11-12H2,1-2H3,(H,21,25)(H,26,27). The van der Waals surface area contributed by atoms with Gasteiger partial charge in [-0.25, -0.2) is 4.79 Å². The minimum absolute atomic E-state index is 0.178. The first-order valence-corrected chi connectivity index (χ1v) is 9.61. The number of carboxylic acids is 1. The molecule has 0 aliphatic carbocycles.